The number of methoxy groups -OCH3 is 1. The summed E-state index contributed by atoms with van der Waals surface area (Å²) in [7, 11) is 1.74. The number of thiophene rings is 2. The van der Waals surface area contributed by atoms with Crippen molar-refractivity contribution in [1.82, 2.24) is 0 Å². The van der Waals surface area contributed by atoms with Crippen molar-refractivity contribution >= 4 is 42.8 Å². The molecule has 2 saturated carbocycles. The Balaban J connectivity index is 0.000000145. The van der Waals surface area contributed by atoms with Crippen molar-refractivity contribution in [3.63, 3.8) is 0 Å². The van der Waals surface area contributed by atoms with E-state index in [1.54, 1.807) is 24.0 Å². The van der Waals surface area contributed by atoms with Gasteiger partial charge in [-0.1, -0.05) is 51.4 Å². The van der Waals surface area contributed by atoms with Crippen molar-refractivity contribution in [2.75, 3.05) is 7.11 Å². The van der Waals surface area contributed by atoms with Gasteiger partial charge in [0.2, 0.25) is 0 Å². The Bertz CT molecular complexity index is 1220. The maximum atomic E-state index is 9.50. The van der Waals surface area contributed by atoms with Gasteiger partial charge in [-0.15, -0.1) is 22.7 Å². The van der Waals surface area contributed by atoms with Gasteiger partial charge in [0.1, 0.15) is 11.5 Å². The van der Waals surface area contributed by atoms with Gasteiger partial charge >= 0.3 is 0 Å². The highest BCUT2D eigenvalue weighted by Crippen LogP contribution is 2.40. The molecular formula is C31H38O2S2. The van der Waals surface area contributed by atoms with Gasteiger partial charge in [0.15, 0.2) is 0 Å². The molecule has 6 rings (SSSR count). The molecule has 0 bridgehead atoms. The number of aromatic hydroxyl groups is 1. The molecule has 4 aromatic rings. The molecule has 0 aliphatic heterocycles. The quantitative estimate of drug-likeness (QED) is 0.280. The van der Waals surface area contributed by atoms with Crippen LogP contribution in [0.15, 0.2) is 47.2 Å². The van der Waals surface area contributed by atoms with Crippen LogP contribution in [0.4, 0.5) is 0 Å². The van der Waals surface area contributed by atoms with Gasteiger partial charge < -0.3 is 9.84 Å². The lowest BCUT2D eigenvalue weighted by Gasteiger charge is -2.13. The van der Waals surface area contributed by atoms with E-state index in [9.17, 15) is 5.11 Å². The Morgan fingerprint density at radius 3 is 1.66 bits per heavy atom. The zero-order valence-corrected chi connectivity index (χ0v) is 22.6. The van der Waals surface area contributed by atoms with Gasteiger partial charge in [-0.25, -0.2) is 0 Å². The monoisotopic (exact) mass is 506 g/mol. The van der Waals surface area contributed by atoms with Crippen LogP contribution in [0.5, 0.6) is 11.5 Å². The van der Waals surface area contributed by atoms with Crippen LogP contribution in [-0.4, -0.2) is 12.2 Å². The van der Waals surface area contributed by atoms with Crippen LogP contribution in [0, 0.1) is 0 Å². The average molecular weight is 507 g/mol. The molecule has 0 atom stereocenters. The predicted molar refractivity (Wildman–Crippen MR) is 153 cm³/mol. The van der Waals surface area contributed by atoms with Crippen molar-refractivity contribution in [1.29, 1.82) is 0 Å². The van der Waals surface area contributed by atoms with Gasteiger partial charge in [-0.05, 0) is 107 Å². The smallest absolute Gasteiger partial charge is 0.120 e. The van der Waals surface area contributed by atoms with E-state index < -0.39 is 0 Å². The minimum Gasteiger partial charge on any atom is -0.508 e. The lowest BCUT2D eigenvalue weighted by molar-refractivity contribution is 0.415. The molecule has 2 fully saturated rings. The van der Waals surface area contributed by atoms with Crippen LogP contribution in [-0.2, 0) is 0 Å². The van der Waals surface area contributed by atoms with Gasteiger partial charge in [-0.3, -0.25) is 0 Å². The zero-order valence-electron chi connectivity index (χ0n) is 20.9. The van der Waals surface area contributed by atoms with Crippen molar-refractivity contribution < 1.29 is 9.84 Å². The normalized spacial score (nSPS) is 18.1. The molecule has 0 saturated heterocycles. The molecule has 2 aliphatic carbocycles. The van der Waals surface area contributed by atoms with E-state index in [0.717, 1.165) is 17.6 Å². The van der Waals surface area contributed by atoms with Crippen LogP contribution < -0.4 is 4.74 Å². The van der Waals surface area contributed by atoms with Crippen molar-refractivity contribution in [3.8, 4) is 11.5 Å². The topological polar surface area (TPSA) is 29.5 Å². The van der Waals surface area contributed by atoms with E-state index in [0.29, 0.717) is 5.75 Å². The molecule has 0 spiro atoms. The summed E-state index contributed by atoms with van der Waals surface area (Å²) in [6, 6.07) is 12.3. The van der Waals surface area contributed by atoms with Crippen LogP contribution in [0.1, 0.15) is 100 Å². The first-order valence-electron chi connectivity index (χ1n) is 13.5. The molecule has 1 N–H and O–H groups in total. The fourth-order valence-corrected chi connectivity index (χ4v) is 8.15. The molecule has 2 heterocycles. The Hall–Kier alpha value is -2.04. The molecule has 2 aromatic carbocycles. The predicted octanol–water partition coefficient (Wildman–Crippen LogP) is 10.4. The van der Waals surface area contributed by atoms with Crippen LogP contribution in [0.2, 0.25) is 0 Å². The third-order valence-electron chi connectivity index (χ3n) is 7.99. The molecule has 2 nitrogen and oxygen atoms in total. The Morgan fingerprint density at radius 2 is 1.14 bits per heavy atom. The molecule has 186 valence electrons. The first-order chi connectivity index (χ1) is 17.2. The first kappa shape index (κ1) is 24.6. The largest absolute Gasteiger partial charge is 0.508 e. The van der Waals surface area contributed by atoms with E-state index in [-0.39, 0.29) is 0 Å². The van der Waals surface area contributed by atoms with Gasteiger partial charge in [0.05, 0.1) is 7.11 Å². The number of phenolic OH excluding ortho intramolecular Hbond substituents is 1. The van der Waals surface area contributed by atoms with Gasteiger partial charge in [0.25, 0.3) is 0 Å². The molecule has 0 amide bonds. The second-order valence-corrected chi connectivity index (χ2v) is 12.1. The minimum absolute atomic E-state index is 0.381. The third-order valence-corrected chi connectivity index (χ3v) is 9.92. The summed E-state index contributed by atoms with van der Waals surface area (Å²) in [5.74, 6) is 2.88. The molecule has 0 unspecified atom stereocenters. The minimum atomic E-state index is 0.381. The number of phenols is 1. The second kappa shape index (κ2) is 11.8. The Morgan fingerprint density at radius 1 is 0.657 bits per heavy atom. The van der Waals surface area contributed by atoms with Crippen LogP contribution in [0.3, 0.4) is 0 Å². The van der Waals surface area contributed by atoms with Crippen molar-refractivity contribution in [2.45, 2.75) is 88.9 Å². The molecule has 35 heavy (non-hydrogen) atoms. The maximum absolute atomic E-state index is 9.50. The van der Waals surface area contributed by atoms with Crippen molar-refractivity contribution in [2.24, 2.45) is 0 Å². The standard InChI is InChI=1S/C16H20OS.C15H18OS/c1-17-13-8-9-14-15(11-18-16(14)10-13)12-6-4-2-3-5-7-12;16-12-7-8-13-14(10-17-15(13)9-12)11-5-3-1-2-4-6-11/h8-12H,2-7H2,1H3;7-11,16H,1-6H2. The van der Waals surface area contributed by atoms with E-state index >= 15 is 0 Å². The summed E-state index contributed by atoms with van der Waals surface area (Å²) < 4.78 is 7.90. The Labute approximate surface area is 218 Å². The summed E-state index contributed by atoms with van der Waals surface area (Å²) in [5, 5.41) is 17.0. The summed E-state index contributed by atoms with van der Waals surface area (Å²) in [5.41, 5.74) is 3.10. The van der Waals surface area contributed by atoms with E-state index in [1.165, 1.54) is 103 Å². The zero-order chi connectivity index (χ0) is 24.0. The summed E-state index contributed by atoms with van der Waals surface area (Å²) >= 11 is 3.63. The number of fused-ring (bicyclic) bond motifs is 2. The van der Waals surface area contributed by atoms with Crippen LogP contribution in [0.25, 0.3) is 20.2 Å². The maximum Gasteiger partial charge on any atom is 0.120 e. The lowest BCUT2D eigenvalue weighted by Crippen LogP contribution is -1.95. The van der Waals surface area contributed by atoms with Crippen LogP contribution >= 0.6 is 22.7 Å². The lowest BCUT2D eigenvalue weighted by atomic mass is 9.91. The fourth-order valence-electron chi connectivity index (χ4n) is 6.01. The first-order valence-corrected chi connectivity index (χ1v) is 15.2. The summed E-state index contributed by atoms with van der Waals surface area (Å²) in [6.07, 6.45) is 16.6. The average Bonchev–Trinajstić information content (AvgIpc) is 3.24. The summed E-state index contributed by atoms with van der Waals surface area (Å²) in [4.78, 5) is 0. The number of hydrogen-bond donors (Lipinski definition) is 1. The molecule has 0 radical (unpaired) electrons. The number of benzene rings is 2. The number of ether oxygens (including phenoxy) is 1. The number of hydrogen-bond acceptors (Lipinski definition) is 4. The fraction of sp³-hybridized carbons (Fsp3) is 0.484. The van der Waals surface area contributed by atoms with Crippen molar-refractivity contribution in [3.05, 3.63) is 58.3 Å². The van der Waals surface area contributed by atoms with Gasteiger partial charge in [0, 0.05) is 9.40 Å². The highest BCUT2D eigenvalue weighted by molar-refractivity contribution is 7.17. The SMILES string of the molecule is COc1ccc2c(C3CCCCCC3)csc2c1.Oc1ccc2c(C3CCCCCC3)csc2c1. The molecule has 4 heteroatoms. The number of rotatable bonds is 3. The summed E-state index contributed by atoms with van der Waals surface area (Å²) in [6.45, 7) is 0. The second-order valence-electron chi connectivity index (χ2n) is 10.3. The van der Waals surface area contributed by atoms with Gasteiger partial charge in [-0.2, -0.15) is 0 Å². The Kier molecular flexibility index (Phi) is 8.31. The van der Waals surface area contributed by atoms with E-state index in [2.05, 4.69) is 35.0 Å². The highest BCUT2D eigenvalue weighted by atomic mass is 32.1. The van der Waals surface area contributed by atoms with E-state index in [4.69, 9.17) is 4.74 Å². The molecule has 2 aromatic heterocycles. The molecule has 2 aliphatic rings. The van der Waals surface area contributed by atoms with E-state index in [1.807, 2.05) is 23.5 Å². The third kappa shape index (κ3) is 5.86. The molecular weight excluding hydrogens is 468 g/mol. The highest BCUT2D eigenvalue weighted by Gasteiger charge is 2.19.